The van der Waals surface area contributed by atoms with Crippen LogP contribution in [0, 0.1) is 23.7 Å². The molecule has 1 fully saturated rings. The lowest BCUT2D eigenvalue weighted by Gasteiger charge is -2.32. The minimum absolute atomic E-state index is 0.793. The quantitative estimate of drug-likeness (QED) is 0.342. The number of rotatable bonds is 11. The fourth-order valence-corrected chi connectivity index (χ4v) is 4.47. The van der Waals surface area contributed by atoms with Gasteiger partial charge in [-0.05, 0) is 42.9 Å². The van der Waals surface area contributed by atoms with E-state index in [4.69, 9.17) is 0 Å². The minimum atomic E-state index is 0.793. The smallest absolute Gasteiger partial charge is 0.0259 e. The van der Waals surface area contributed by atoms with Crippen molar-refractivity contribution in [3.8, 4) is 0 Å². The second-order valence-corrected chi connectivity index (χ2v) is 8.00. The van der Waals surface area contributed by atoms with Crippen LogP contribution in [0.4, 0.5) is 0 Å². The molecule has 0 N–H and O–H groups in total. The van der Waals surface area contributed by atoms with E-state index in [9.17, 15) is 0 Å². The minimum Gasteiger partial charge on any atom is -0.0883 e. The van der Waals surface area contributed by atoms with Gasteiger partial charge in [-0.2, -0.15) is 0 Å². The van der Waals surface area contributed by atoms with Crippen LogP contribution >= 0.6 is 0 Å². The largest absolute Gasteiger partial charge is 0.0883 e. The molecule has 22 heavy (non-hydrogen) atoms. The second kappa shape index (κ2) is 12.2. The van der Waals surface area contributed by atoms with Crippen molar-refractivity contribution in [1.82, 2.24) is 0 Å². The summed E-state index contributed by atoms with van der Waals surface area (Å²) >= 11 is 0. The first-order valence-corrected chi connectivity index (χ1v) is 10.4. The van der Waals surface area contributed by atoms with Gasteiger partial charge in [-0.1, -0.05) is 97.6 Å². The molecule has 130 valence electrons. The van der Waals surface area contributed by atoms with Crippen LogP contribution in [0.3, 0.4) is 0 Å². The predicted octanol–water partition coefficient (Wildman–Crippen LogP) is 7.78. The molecule has 0 spiro atoms. The number of allylic oxidation sites excluding steroid dienone is 2. The molecule has 0 nitrogen and oxygen atoms in total. The van der Waals surface area contributed by atoms with Crippen molar-refractivity contribution < 1.29 is 0 Å². The topological polar surface area (TPSA) is 0 Å². The summed E-state index contributed by atoms with van der Waals surface area (Å²) in [5.74, 6) is 3.87. The van der Waals surface area contributed by atoms with Gasteiger partial charge < -0.3 is 0 Å². The molecule has 1 aliphatic carbocycles. The predicted molar refractivity (Wildman–Crippen MR) is 101 cm³/mol. The zero-order valence-electron chi connectivity index (χ0n) is 15.9. The maximum Gasteiger partial charge on any atom is -0.0259 e. The highest BCUT2D eigenvalue weighted by molar-refractivity contribution is 4.88. The van der Waals surface area contributed by atoms with Crippen LogP contribution < -0.4 is 0 Å². The van der Waals surface area contributed by atoms with Gasteiger partial charge in [0.15, 0.2) is 0 Å². The van der Waals surface area contributed by atoms with Gasteiger partial charge >= 0.3 is 0 Å². The van der Waals surface area contributed by atoms with E-state index in [1.54, 1.807) is 0 Å². The Morgan fingerprint density at radius 3 is 1.86 bits per heavy atom. The first-order chi connectivity index (χ1) is 10.7. The summed E-state index contributed by atoms with van der Waals surface area (Å²) in [6.07, 6.45) is 22.1. The van der Waals surface area contributed by atoms with Crippen LogP contribution in [-0.4, -0.2) is 0 Å². The third-order valence-corrected chi connectivity index (χ3v) is 5.65. The Balaban J connectivity index is 2.24. The Bertz CT molecular complexity index is 264. The fourth-order valence-electron chi connectivity index (χ4n) is 4.47. The van der Waals surface area contributed by atoms with Gasteiger partial charge in [0.1, 0.15) is 0 Å². The van der Waals surface area contributed by atoms with E-state index in [0.717, 1.165) is 23.7 Å². The molecular weight excluding hydrogens is 264 g/mol. The summed E-state index contributed by atoms with van der Waals surface area (Å²) in [6, 6.07) is 0. The summed E-state index contributed by atoms with van der Waals surface area (Å²) in [4.78, 5) is 0. The Morgan fingerprint density at radius 1 is 0.818 bits per heavy atom. The number of hydrogen-bond acceptors (Lipinski definition) is 0. The lowest BCUT2D eigenvalue weighted by atomic mass is 9.74. The lowest BCUT2D eigenvalue weighted by Crippen LogP contribution is -2.18. The summed E-state index contributed by atoms with van der Waals surface area (Å²) in [5, 5.41) is 0. The Kier molecular flexibility index (Phi) is 11.0. The normalized spacial score (nSPS) is 24.2. The van der Waals surface area contributed by atoms with Gasteiger partial charge in [-0.25, -0.2) is 0 Å². The molecule has 1 unspecified atom stereocenters. The van der Waals surface area contributed by atoms with Crippen molar-refractivity contribution in [2.24, 2.45) is 23.7 Å². The molecule has 0 aromatic carbocycles. The monoisotopic (exact) mass is 306 g/mol. The van der Waals surface area contributed by atoms with Gasteiger partial charge in [0.05, 0.1) is 0 Å². The average molecular weight is 307 g/mol. The van der Waals surface area contributed by atoms with Crippen LogP contribution in [0.25, 0.3) is 0 Å². The summed E-state index contributed by atoms with van der Waals surface area (Å²) in [7, 11) is 0. The molecule has 0 aliphatic heterocycles. The van der Waals surface area contributed by atoms with Gasteiger partial charge in [0.25, 0.3) is 0 Å². The maximum atomic E-state index is 2.47. The van der Waals surface area contributed by atoms with E-state index < -0.39 is 0 Å². The van der Waals surface area contributed by atoms with Crippen LogP contribution in [0.2, 0.25) is 0 Å². The fraction of sp³-hybridized carbons (Fsp3) is 0.909. The molecule has 0 radical (unpaired) electrons. The summed E-state index contributed by atoms with van der Waals surface area (Å²) in [6.45, 7) is 9.39. The highest BCUT2D eigenvalue weighted by atomic mass is 14.3. The Hall–Kier alpha value is -0.260. The standard InChI is InChI=1S/C22H42/c1-5-8-9-12-19(4)17-21-13-15-22(16-14-21)18-20(10-6-2)11-7-3/h9,12,19-22H,5-8,10-11,13-18H2,1-4H3/b12-9-. The molecule has 1 rings (SSSR count). The van der Waals surface area contributed by atoms with Crippen LogP contribution in [0.15, 0.2) is 12.2 Å². The molecule has 0 amide bonds. The van der Waals surface area contributed by atoms with E-state index in [2.05, 4.69) is 39.8 Å². The number of hydrogen-bond donors (Lipinski definition) is 0. The molecule has 1 atom stereocenters. The zero-order chi connectivity index (χ0) is 16.2. The average Bonchev–Trinajstić information content (AvgIpc) is 2.50. The number of unbranched alkanes of at least 4 members (excludes halogenated alkanes) is 1. The van der Waals surface area contributed by atoms with Crippen molar-refractivity contribution >= 4 is 0 Å². The van der Waals surface area contributed by atoms with Crippen molar-refractivity contribution in [1.29, 1.82) is 0 Å². The first kappa shape index (κ1) is 19.8. The van der Waals surface area contributed by atoms with E-state index >= 15 is 0 Å². The van der Waals surface area contributed by atoms with E-state index in [1.807, 2.05) is 0 Å². The van der Waals surface area contributed by atoms with Crippen molar-refractivity contribution in [3.05, 3.63) is 12.2 Å². The molecule has 1 saturated carbocycles. The van der Waals surface area contributed by atoms with Gasteiger partial charge in [-0.3, -0.25) is 0 Å². The molecular formula is C22H42. The van der Waals surface area contributed by atoms with Gasteiger partial charge in [-0.15, -0.1) is 0 Å². The highest BCUT2D eigenvalue weighted by Gasteiger charge is 2.24. The summed E-state index contributed by atoms with van der Waals surface area (Å²) in [5.41, 5.74) is 0. The van der Waals surface area contributed by atoms with Crippen molar-refractivity contribution in [3.63, 3.8) is 0 Å². The molecule has 1 aliphatic rings. The molecule has 0 bridgehead atoms. The molecule has 0 aromatic heterocycles. The van der Waals surface area contributed by atoms with Crippen LogP contribution in [-0.2, 0) is 0 Å². The first-order valence-electron chi connectivity index (χ1n) is 10.4. The van der Waals surface area contributed by atoms with Crippen LogP contribution in [0.5, 0.6) is 0 Å². The third-order valence-electron chi connectivity index (χ3n) is 5.65. The van der Waals surface area contributed by atoms with E-state index in [-0.39, 0.29) is 0 Å². The Morgan fingerprint density at radius 2 is 1.36 bits per heavy atom. The van der Waals surface area contributed by atoms with Crippen molar-refractivity contribution in [2.45, 2.75) is 105 Å². The second-order valence-electron chi connectivity index (χ2n) is 8.00. The SMILES string of the molecule is CCC/C=C\C(C)CC1CCC(CC(CCC)CCC)CC1. The van der Waals surface area contributed by atoms with E-state index in [0.29, 0.717) is 0 Å². The van der Waals surface area contributed by atoms with Crippen LogP contribution in [0.1, 0.15) is 105 Å². The highest BCUT2D eigenvalue weighted by Crippen LogP contribution is 2.37. The lowest BCUT2D eigenvalue weighted by molar-refractivity contribution is 0.211. The van der Waals surface area contributed by atoms with Crippen molar-refractivity contribution in [2.75, 3.05) is 0 Å². The molecule has 0 aromatic rings. The Labute approximate surface area is 141 Å². The molecule has 0 saturated heterocycles. The van der Waals surface area contributed by atoms with E-state index in [1.165, 1.54) is 77.0 Å². The molecule has 0 heteroatoms. The zero-order valence-corrected chi connectivity index (χ0v) is 15.9. The maximum absolute atomic E-state index is 2.47. The van der Waals surface area contributed by atoms with Gasteiger partial charge in [0.2, 0.25) is 0 Å². The summed E-state index contributed by atoms with van der Waals surface area (Å²) < 4.78 is 0. The van der Waals surface area contributed by atoms with Gasteiger partial charge in [0, 0.05) is 0 Å². The molecule has 0 heterocycles. The third kappa shape index (κ3) is 8.39.